The molecule has 1 aromatic carbocycles. The number of benzene rings is 1. The normalized spacial score (nSPS) is 27.5. The summed E-state index contributed by atoms with van der Waals surface area (Å²) in [6.45, 7) is 6.69. The van der Waals surface area contributed by atoms with Gasteiger partial charge in [-0.1, -0.05) is 32.0 Å². The van der Waals surface area contributed by atoms with E-state index in [0.717, 1.165) is 18.6 Å². The van der Waals surface area contributed by atoms with Crippen LogP contribution in [0.5, 0.6) is 5.75 Å². The first kappa shape index (κ1) is 21.7. The van der Waals surface area contributed by atoms with Gasteiger partial charge in [0.15, 0.2) is 6.04 Å². The average Bonchev–Trinajstić information content (AvgIpc) is 2.58. The first-order valence-corrected chi connectivity index (χ1v) is 8.84. The van der Waals surface area contributed by atoms with Gasteiger partial charge in [0, 0.05) is 13.0 Å². The quantitative estimate of drug-likeness (QED) is 0.688. The highest BCUT2D eigenvalue weighted by atomic mass is 35.5. The summed E-state index contributed by atoms with van der Waals surface area (Å²) in [5.41, 5.74) is 3.91. The van der Waals surface area contributed by atoms with Crippen LogP contribution < -0.4 is 22.9 Å². The number of halogens is 1. The Bertz CT molecular complexity index is 511. The van der Waals surface area contributed by atoms with E-state index in [0.29, 0.717) is 18.9 Å². The monoisotopic (exact) mass is 371 g/mol. The van der Waals surface area contributed by atoms with Crippen LogP contribution in [0.1, 0.15) is 40.0 Å². The second-order valence-electron chi connectivity index (χ2n) is 6.93. The molecule has 0 bridgehead atoms. The SMILES string of the molecule is CC(C)CO[C@H]1[C@H](C)OC(=O)[C@@H]([NH3+])CCC[C@@H]1Oc1ccccc1.[Cl-]. The third-order valence-corrected chi connectivity index (χ3v) is 4.16. The zero-order chi connectivity index (χ0) is 17.5. The third-order valence-electron chi connectivity index (χ3n) is 4.16. The van der Waals surface area contributed by atoms with E-state index in [9.17, 15) is 4.79 Å². The zero-order valence-electron chi connectivity index (χ0n) is 15.3. The minimum absolute atomic E-state index is 0. The standard InChI is InChI=1S/C19H29NO4.ClH/c1-13(2)12-22-18-14(3)23-19(21)16(20)10-7-11-17(18)24-15-8-5-4-6-9-15;/h4-6,8-9,13-14,16-18H,7,10-12,20H2,1-3H3;1H/t14-,16-,17-,18-;/m0./s1. The fourth-order valence-corrected chi connectivity index (χ4v) is 2.84. The predicted octanol–water partition coefficient (Wildman–Crippen LogP) is -0.795. The first-order chi connectivity index (χ1) is 11.5. The van der Waals surface area contributed by atoms with Crippen LogP contribution in [0.4, 0.5) is 0 Å². The maximum atomic E-state index is 12.1. The number of carbonyl (C=O) groups excluding carboxylic acids is 1. The molecule has 142 valence electrons. The number of ether oxygens (including phenoxy) is 3. The number of cyclic esters (lactones) is 1. The summed E-state index contributed by atoms with van der Waals surface area (Å²) >= 11 is 0. The highest BCUT2D eigenvalue weighted by Crippen LogP contribution is 2.23. The van der Waals surface area contributed by atoms with E-state index in [1.807, 2.05) is 37.3 Å². The highest BCUT2D eigenvalue weighted by Gasteiger charge is 2.35. The molecule has 25 heavy (non-hydrogen) atoms. The van der Waals surface area contributed by atoms with Crippen molar-refractivity contribution >= 4 is 5.97 Å². The van der Waals surface area contributed by atoms with E-state index >= 15 is 0 Å². The van der Waals surface area contributed by atoms with Crippen LogP contribution in [-0.4, -0.2) is 36.9 Å². The van der Waals surface area contributed by atoms with E-state index in [1.165, 1.54) is 0 Å². The van der Waals surface area contributed by atoms with E-state index in [4.69, 9.17) is 14.2 Å². The van der Waals surface area contributed by atoms with Gasteiger partial charge in [-0.2, -0.15) is 0 Å². The van der Waals surface area contributed by atoms with Gasteiger partial charge < -0.3 is 32.4 Å². The number of quaternary nitrogens is 1. The number of para-hydroxylation sites is 1. The van der Waals surface area contributed by atoms with Crippen molar-refractivity contribution in [2.45, 2.75) is 64.4 Å². The zero-order valence-corrected chi connectivity index (χ0v) is 16.1. The lowest BCUT2D eigenvalue weighted by Gasteiger charge is -2.31. The minimum atomic E-state index is -0.368. The Morgan fingerprint density at radius 3 is 2.56 bits per heavy atom. The van der Waals surface area contributed by atoms with Crippen molar-refractivity contribution in [3.05, 3.63) is 30.3 Å². The van der Waals surface area contributed by atoms with Crippen molar-refractivity contribution in [3.63, 3.8) is 0 Å². The number of carbonyl (C=O) groups is 1. The van der Waals surface area contributed by atoms with Crippen LogP contribution in [0, 0.1) is 5.92 Å². The largest absolute Gasteiger partial charge is 1.00 e. The van der Waals surface area contributed by atoms with Crippen LogP contribution in [0.15, 0.2) is 30.3 Å². The molecule has 0 spiro atoms. The second-order valence-corrected chi connectivity index (χ2v) is 6.93. The van der Waals surface area contributed by atoms with E-state index in [1.54, 1.807) is 0 Å². The number of esters is 1. The number of hydrogen-bond acceptors (Lipinski definition) is 4. The molecule has 1 saturated heterocycles. The minimum Gasteiger partial charge on any atom is -1.00 e. The molecule has 1 aromatic rings. The van der Waals surface area contributed by atoms with Gasteiger partial charge in [0.05, 0.1) is 0 Å². The highest BCUT2D eigenvalue weighted by molar-refractivity contribution is 5.74. The Labute approximate surface area is 156 Å². The van der Waals surface area contributed by atoms with Gasteiger partial charge >= 0.3 is 5.97 Å². The summed E-state index contributed by atoms with van der Waals surface area (Å²) in [7, 11) is 0. The fraction of sp³-hybridized carbons (Fsp3) is 0.632. The molecular weight excluding hydrogens is 342 g/mol. The Morgan fingerprint density at radius 1 is 1.24 bits per heavy atom. The smallest absolute Gasteiger partial charge is 0.365 e. The predicted molar refractivity (Wildman–Crippen MR) is 91.5 cm³/mol. The summed E-state index contributed by atoms with van der Waals surface area (Å²) in [5.74, 6) is 0.962. The first-order valence-electron chi connectivity index (χ1n) is 8.84. The second kappa shape index (κ2) is 10.6. The lowest BCUT2D eigenvalue weighted by molar-refractivity contribution is -0.410. The molecule has 0 amide bonds. The van der Waals surface area contributed by atoms with Crippen LogP contribution >= 0.6 is 0 Å². The van der Waals surface area contributed by atoms with Crippen molar-refractivity contribution in [1.29, 1.82) is 0 Å². The van der Waals surface area contributed by atoms with Crippen LogP contribution in [0.25, 0.3) is 0 Å². The maximum Gasteiger partial charge on any atom is 0.365 e. The molecule has 1 fully saturated rings. The van der Waals surface area contributed by atoms with Gasteiger partial charge in [-0.15, -0.1) is 0 Å². The summed E-state index contributed by atoms with van der Waals surface area (Å²) < 4.78 is 17.9. The van der Waals surface area contributed by atoms with Gasteiger partial charge in [0.1, 0.15) is 24.1 Å². The van der Waals surface area contributed by atoms with Crippen LogP contribution in [-0.2, 0) is 14.3 Å². The number of hydrogen-bond donors (Lipinski definition) is 1. The molecule has 1 aliphatic rings. The molecule has 0 aromatic heterocycles. The lowest BCUT2D eigenvalue weighted by atomic mass is 10.0. The summed E-state index contributed by atoms with van der Waals surface area (Å²) in [6.07, 6.45) is 1.56. The Hall–Kier alpha value is -1.30. The van der Waals surface area contributed by atoms with E-state index < -0.39 is 0 Å². The summed E-state index contributed by atoms with van der Waals surface area (Å²) in [6, 6.07) is 9.41. The molecule has 1 heterocycles. The molecule has 0 saturated carbocycles. The van der Waals surface area contributed by atoms with Crippen molar-refractivity contribution in [2.75, 3.05) is 6.61 Å². The average molecular weight is 372 g/mol. The summed E-state index contributed by atoms with van der Waals surface area (Å²) in [4.78, 5) is 12.1. The molecule has 3 N–H and O–H groups in total. The Balaban J connectivity index is 0.00000312. The molecule has 2 rings (SSSR count). The maximum absolute atomic E-state index is 12.1. The van der Waals surface area contributed by atoms with E-state index in [2.05, 4.69) is 19.6 Å². The number of rotatable bonds is 5. The molecule has 0 aliphatic carbocycles. The van der Waals surface area contributed by atoms with Gasteiger partial charge in [0.2, 0.25) is 0 Å². The Kier molecular flexibility index (Phi) is 9.25. The van der Waals surface area contributed by atoms with Gasteiger partial charge in [-0.05, 0) is 37.8 Å². The van der Waals surface area contributed by atoms with Gasteiger partial charge in [-0.3, -0.25) is 0 Å². The van der Waals surface area contributed by atoms with Gasteiger partial charge in [-0.25, -0.2) is 4.79 Å². The van der Waals surface area contributed by atoms with Gasteiger partial charge in [0.25, 0.3) is 0 Å². The van der Waals surface area contributed by atoms with Crippen molar-refractivity contribution < 1.29 is 37.1 Å². The van der Waals surface area contributed by atoms with E-state index in [-0.39, 0.29) is 42.7 Å². The van der Waals surface area contributed by atoms with Crippen LogP contribution in [0.3, 0.4) is 0 Å². The molecule has 5 nitrogen and oxygen atoms in total. The summed E-state index contributed by atoms with van der Waals surface area (Å²) in [5, 5.41) is 0. The topological polar surface area (TPSA) is 72.4 Å². The molecule has 4 atom stereocenters. The molecule has 6 heteroatoms. The van der Waals surface area contributed by atoms with Crippen molar-refractivity contribution in [2.24, 2.45) is 5.92 Å². The molecule has 0 radical (unpaired) electrons. The molecule has 1 aliphatic heterocycles. The van der Waals surface area contributed by atoms with Crippen LogP contribution in [0.2, 0.25) is 0 Å². The fourth-order valence-electron chi connectivity index (χ4n) is 2.84. The lowest BCUT2D eigenvalue weighted by Crippen LogP contribution is -3.00. The van der Waals surface area contributed by atoms with Crippen molar-refractivity contribution in [1.82, 2.24) is 0 Å². The Morgan fingerprint density at radius 2 is 1.92 bits per heavy atom. The molecular formula is C19H30ClNO4. The molecule has 0 unspecified atom stereocenters. The van der Waals surface area contributed by atoms with Crippen molar-refractivity contribution in [3.8, 4) is 5.75 Å². The third kappa shape index (κ3) is 6.84.